The highest BCUT2D eigenvalue weighted by Crippen LogP contribution is 2.28. The zero-order chi connectivity index (χ0) is 60.8. The summed E-state index contributed by atoms with van der Waals surface area (Å²) in [5.74, 6) is 0. The Bertz CT molecular complexity index is 2160. The van der Waals surface area contributed by atoms with E-state index >= 15 is 0 Å². The van der Waals surface area contributed by atoms with Crippen LogP contribution in [0.1, 0.15) is 212 Å². The smallest absolute Gasteiger partial charge is 0.407 e. The quantitative estimate of drug-likeness (QED) is 0.0924. The predicted molar refractivity (Wildman–Crippen MR) is 320 cm³/mol. The summed E-state index contributed by atoms with van der Waals surface area (Å²) >= 11 is 1.93. The average molecular weight is 1250 g/mol. The average Bonchev–Trinajstić information content (AvgIpc) is 3.26. The van der Waals surface area contributed by atoms with Gasteiger partial charge in [0.05, 0.1) is 29.0 Å². The number of nitrogens with one attached hydrogen (secondary N) is 4. The minimum Gasteiger partial charge on any atom is -0.444 e. The molecule has 0 aliphatic heterocycles. The van der Waals surface area contributed by atoms with Crippen LogP contribution in [-0.2, 0) is 52.9 Å². The van der Waals surface area contributed by atoms with E-state index in [1.165, 1.54) is 25.4 Å². The van der Waals surface area contributed by atoms with Crippen molar-refractivity contribution in [2.75, 3.05) is 25.0 Å². The lowest BCUT2D eigenvalue weighted by atomic mass is 9.93. The third-order valence-electron chi connectivity index (χ3n) is 13.2. The summed E-state index contributed by atoms with van der Waals surface area (Å²) < 4.78 is 92.6. The number of thioether (sulfide) groups is 1. The van der Waals surface area contributed by atoms with E-state index in [1.54, 1.807) is 0 Å². The van der Waals surface area contributed by atoms with Gasteiger partial charge in [-0.1, -0.05) is 0 Å². The number of hydrogen-bond acceptors (Lipinski definition) is 18. The van der Waals surface area contributed by atoms with Crippen LogP contribution in [0.4, 0.5) is 19.2 Å². The SMILES string of the molecule is CC(C)(C)OC(=O)NC1CCC(O)CC1.CC(C)(C)OC(=O)NC1CCC(OS(C)(=O)=O)CC1.CC(C)(C)OC(=O)NC1CCC(S(C)(=O)=O)CC1.CS(=O)(=O)C1CCC(N)CC1.CSC1CCC(NC(=O)OC(C)(C)C)CC1.Cl. The number of nitrogens with two attached hydrogens (primary N) is 1. The molecule has 0 heterocycles. The molecule has 0 spiro atoms. The maximum atomic E-state index is 11.6. The van der Waals surface area contributed by atoms with E-state index in [4.69, 9.17) is 28.9 Å². The first-order valence-corrected chi connectivity index (χ1v) is 35.1. The number of aliphatic hydroxyl groups is 1. The van der Waals surface area contributed by atoms with Crippen molar-refractivity contribution in [3.05, 3.63) is 0 Å². The van der Waals surface area contributed by atoms with Gasteiger partial charge in [-0.3, -0.25) is 4.18 Å². The lowest BCUT2D eigenvalue weighted by Crippen LogP contribution is -2.42. The van der Waals surface area contributed by atoms with Gasteiger partial charge in [-0.15, -0.1) is 12.4 Å². The van der Waals surface area contributed by atoms with E-state index < -0.39 is 64.4 Å². The first-order chi connectivity index (χ1) is 35.9. The van der Waals surface area contributed by atoms with Crippen molar-refractivity contribution in [2.24, 2.45) is 5.73 Å². The van der Waals surface area contributed by atoms with Crippen molar-refractivity contribution >= 4 is 78.3 Å². The molecule has 5 aliphatic carbocycles. The van der Waals surface area contributed by atoms with E-state index in [0.717, 1.165) is 75.7 Å². The van der Waals surface area contributed by atoms with Crippen LogP contribution in [0.15, 0.2) is 0 Å². The van der Waals surface area contributed by atoms with Crippen molar-refractivity contribution in [1.82, 2.24) is 21.3 Å². The highest BCUT2D eigenvalue weighted by Gasteiger charge is 2.31. The molecule has 5 saturated carbocycles. The molecule has 0 bridgehead atoms. The zero-order valence-electron chi connectivity index (χ0n) is 51.1. The molecule has 21 nitrogen and oxygen atoms in total. The second-order valence-corrected chi connectivity index (χ2v) is 33.1. The van der Waals surface area contributed by atoms with Gasteiger partial charge in [0.2, 0.25) is 0 Å². The Morgan fingerprint density at radius 1 is 0.438 bits per heavy atom. The van der Waals surface area contributed by atoms with Crippen LogP contribution in [-0.4, -0.2) is 160 Å². The number of alkyl carbamates (subject to hydrolysis) is 4. The van der Waals surface area contributed by atoms with Crippen LogP contribution >= 0.6 is 24.2 Å². The van der Waals surface area contributed by atoms with Gasteiger partial charge < -0.3 is 51.1 Å². The van der Waals surface area contributed by atoms with Crippen molar-refractivity contribution in [1.29, 1.82) is 0 Å². The first kappa shape index (κ1) is 77.5. The Hall–Kier alpha value is -2.55. The van der Waals surface area contributed by atoms with Gasteiger partial charge in [-0.25, -0.2) is 36.0 Å². The topological polar surface area (TPSA) is 311 Å². The second-order valence-electron chi connectivity index (χ2n) is 25.7. The van der Waals surface area contributed by atoms with E-state index in [-0.39, 0.29) is 71.5 Å². The molecule has 26 heteroatoms. The van der Waals surface area contributed by atoms with Crippen molar-refractivity contribution in [3.63, 3.8) is 0 Å². The van der Waals surface area contributed by atoms with Crippen molar-refractivity contribution in [2.45, 2.75) is 292 Å². The van der Waals surface area contributed by atoms with Crippen molar-refractivity contribution < 1.29 is 72.7 Å². The largest absolute Gasteiger partial charge is 0.444 e. The molecule has 0 aromatic carbocycles. The van der Waals surface area contributed by atoms with Crippen LogP contribution < -0.4 is 27.0 Å². The van der Waals surface area contributed by atoms with Gasteiger partial charge in [0, 0.05) is 48.0 Å². The minimum atomic E-state index is -3.40. The summed E-state index contributed by atoms with van der Waals surface area (Å²) in [6.45, 7) is 22.1. The number of amides is 4. The minimum absolute atomic E-state index is 0. The number of aliphatic hydroxyl groups excluding tert-OH is 1. The molecule has 0 aromatic heterocycles. The highest BCUT2D eigenvalue weighted by molar-refractivity contribution is 7.99. The summed E-state index contributed by atoms with van der Waals surface area (Å²) in [6.07, 6.45) is 20.0. The lowest BCUT2D eigenvalue weighted by Gasteiger charge is -2.29. The van der Waals surface area contributed by atoms with E-state index in [2.05, 4.69) is 27.5 Å². The maximum absolute atomic E-state index is 11.6. The molecule has 0 saturated heterocycles. The summed E-state index contributed by atoms with van der Waals surface area (Å²) in [5, 5.41) is 21.1. The Morgan fingerprint density at radius 2 is 0.688 bits per heavy atom. The van der Waals surface area contributed by atoms with Crippen LogP contribution in [0.3, 0.4) is 0 Å². The number of carbonyl (C=O) groups excluding carboxylic acids is 4. The summed E-state index contributed by atoms with van der Waals surface area (Å²) in [7, 11) is -9.16. The number of hydrogen-bond donors (Lipinski definition) is 6. The van der Waals surface area contributed by atoms with Crippen molar-refractivity contribution in [3.8, 4) is 0 Å². The molecular weight excluding hydrogens is 1140 g/mol. The van der Waals surface area contributed by atoms with Crippen LogP contribution in [0.25, 0.3) is 0 Å². The monoisotopic (exact) mass is 1240 g/mol. The van der Waals surface area contributed by atoms with Gasteiger partial charge in [0.15, 0.2) is 0 Å². The standard InChI is InChI=1S/C12H23NO5S.C12H23NO4S.C12H23NO2S.C11H21NO3.C7H15NO2S.ClH/c1-12(2,3)17-11(14)13-9-5-7-10(8-6-9)18-19(4,15)16;1-12(2,3)17-11(14)13-9-5-7-10(8-6-9)18(4,15)16;1-12(2,3)15-11(14)13-9-5-7-10(16-4)8-6-9;1-11(2,3)15-10(14)12-8-4-6-9(13)7-5-8;1-11(9,10)7-4-2-6(8)3-5-7;/h9-10H,5-8H2,1-4H3,(H,13,14);9-10H,5-8H2,1-4H3,(H,13,14);9-10H,5-8H2,1-4H3,(H,13,14);8-9,13H,4-7H2,1-3H3,(H,12,14);6-7H,2-5,8H2,1H3;1H. The van der Waals surface area contributed by atoms with Gasteiger partial charge in [-0.05, 0) is 218 Å². The summed E-state index contributed by atoms with van der Waals surface area (Å²) in [4.78, 5) is 46.1. The first-order valence-electron chi connectivity index (χ1n) is 28.1. The molecule has 4 amide bonds. The third-order valence-corrected chi connectivity index (χ3v) is 18.3. The normalized spacial score (nSPS) is 26.6. The predicted octanol–water partition coefficient (Wildman–Crippen LogP) is 9.39. The summed E-state index contributed by atoms with van der Waals surface area (Å²) in [6, 6.07) is 0.738. The summed E-state index contributed by atoms with van der Waals surface area (Å²) in [5.41, 5.74) is 3.78. The second kappa shape index (κ2) is 35.0. The Balaban J connectivity index is 0.000000981. The fraction of sp³-hybridized carbons (Fsp3) is 0.926. The number of sulfone groups is 2. The van der Waals surface area contributed by atoms with E-state index in [0.29, 0.717) is 57.4 Å². The Kier molecular flexibility index (Phi) is 33.9. The van der Waals surface area contributed by atoms with Crippen LogP contribution in [0.5, 0.6) is 0 Å². The van der Waals surface area contributed by atoms with Gasteiger partial charge in [-0.2, -0.15) is 20.2 Å². The molecule has 5 aliphatic rings. The molecule has 80 heavy (non-hydrogen) atoms. The molecule has 0 atom stereocenters. The molecule has 0 radical (unpaired) electrons. The zero-order valence-corrected chi connectivity index (χ0v) is 55.2. The molecular formula is C54H106ClN5O16S4. The number of rotatable bonds is 9. The maximum Gasteiger partial charge on any atom is 0.407 e. The molecule has 5 rings (SSSR count). The van der Waals surface area contributed by atoms with E-state index in [9.17, 15) is 49.5 Å². The fourth-order valence-corrected chi connectivity index (χ4v) is 12.9. The lowest BCUT2D eigenvalue weighted by molar-refractivity contribution is 0.0454. The third kappa shape index (κ3) is 39.8. The molecule has 0 aromatic rings. The molecule has 474 valence electrons. The number of ether oxygens (including phenoxy) is 4. The van der Waals surface area contributed by atoms with Gasteiger partial charge in [0.25, 0.3) is 10.1 Å². The number of carbonyl (C=O) groups is 4. The fourth-order valence-electron chi connectivity index (χ4n) is 9.26. The van der Waals surface area contributed by atoms with Crippen LogP contribution in [0, 0.1) is 0 Å². The molecule has 7 N–H and O–H groups in total. The Morgan fingerprint density at radius 3 is 0.938 bits per heavy atom. The molecule has 0 unspecified atom stereocenters. The molecule has 5 fully saturated rings. The highest BCUT2D eigenvalue weighted by atomic mass is 35.5. The van der Waals surface area contributed by atoms with Gasteiger partial charge in [0.1, 0.15) is 42.1 Å². The van der Waals surface area contributed by atoms with Crippen LogP contribution in [0.2, 0.25) is 0 Å². The van der Waals surface area contributed by atoms with Gasteiger partial charge >= 0.3 is 24.4 Å². The van der Waals surface area contributed by atoms with E-state index in [1.807, 2.05) is 94.8 Å². The number of halogens is 1. The Labute approximate surface area is 492 Å².